The molecule has 0 spiro atoms. The van der Waals surface area contributed by atoms with E-state index in [-0.39, 0.29) is 30.8 Å². The normalized spacial score (nSPS) is 28.7. The summed E-state index contributed by atoms with van der Waals surface area (Å²) < 4.78 is 30.5. The van der Waals surface area contributed by atoms with Crippen LogP contribution >= 0.6 is 0 Å². The van der Waals surface area contributed by atoms with Crippen LogP contribution in [0.3, 0.4) is 0 Å². The molecule has 1 aliphatic heterocycles. The maximum atomic E-state index is 12.7. The van der Waals surface area contributed by atoms with Crippen LogP contribution < -0.4 is 5.32 Å². The van der Waals surface area contributed by atoms with Gasteiger partial charge in [-0.15, -0.1) is 0 Å². The Balaban J connectivity index is 1.74. The second-order valence-corrected chi connectivity index (χ2v) is 5.41. The number of rotatable bonds is 5. The number of alkyl halides is 2. The highest BCUT2D eigenvalue weighted by Crippen LogP contribution is 2.50. The predicted octanol–water partition coefficient (Wildman–Crippen LogP) is 0.937. The van der Waals surface area contributed by atoms with E-state index >= 15 is 0 Å². The molecular weight excluding hydrogens is 244 g/mol. The van der Waals surface area contributed by atoms with E-state index in [0.717, 1.165) is 0 Å². The molecular formula is C12H19F2NO3. The highest BCUT2D eigenvalue weighted by atomic mass is 19.3. The summed E-state index contributed by atoms with van der Waals surface area (Å²) in [5.41, 5.74) is -0.347. The van der Waals surface area contributed by atoms with Gasteiger partial charge in [-0.1, -0.05) is 0 Å². The van der Waals surface area contributed by atoms with Gasteiger partial charge in [-0.3, -0.25) is 4.79 Å². The van der Waals surface area contributed by atoms with Crippen molar-refractivity contribution in [2.75, 3.05) is 26.4 Å². The van der Waals surface area contributed by atoms with Crippen LogP contribution in [0.15, 0.2) is 0 Å². The number of amides is 1. The molecule has 18 heavy (non-hydrogen) atoms. The van der Waals surface area contributed by atoms with Crippen LogP contribution in [0.25, 0.3) is 0 Å². The predicted molar refractivity (Wildman–Crippen MR) is 60.3 cm³/mol. The summed E-state index contributed by atoms with van der Waals surface area (Å²) >= 11 is 0. The Bertz CT molecular complexity index is 316. The highest BCUT2D eigenvalue weighted by Gasteiger charge is 2.57. The summed E-state index contributed by atoms with van der Waals surface area (Å²) in [6, 6.07) is 0. The molecule has 1 amide bonds. The van der Waals surface area contributed by atoms with Crippen molar-refractivity contribution in [1.29, 1.82) is 0 Å². The van der Waals surface area contributed by atoms with Crippen molar-refractivity contribution in [3.63, 3.8) is 0 Å². The second kappa shape index (κ2) is 5.09. The van der Waals surface area contributed by atoms with Crippen LogP contribution in [-0.2, 0) is 9.53 Å². The zero-order chi connectivity index (χ0) is 13.2. The number of aliphatic hydroxyl groups excluding tert-OH is 1. The highest BCUT2D eigenvalue weighted by molar-refractivity contribution is 5.76. The van der Waals surface area contributed by atoms with E-state index in [4.69, 9.17) is 4.74 Å². The molecule has 0 bridgehead atoms. The van der Waals surface area contributed by atoms with Gasteiger partial charge in [0.15, 0.2) is 0 Å². The van der Waals surface area contributed by atoms with Crippen molar-refractivity contribution in [2.24, 2.45) is 11.3 Å². The fourth-order valence-corrected chi connectivity index (χ4v) is 2.27. The first-order valence-electron chi connectivity index (χ1n) is 6.31. The third-order valence-electron chi connectivity index (χ3n) is 3.94. The Labute approximate surface area is 105 Å². The minimum atomic E-state index is -2.65. The summed E-state index contributed by atoms with van der Waals surface area (Å²) in [4.78, 5) is 11.5. The molecule has 1 saturated heterocycles. The van der Waals surface area contributed by atoms with Gasteiger partial charge >= 0.3 is 0 Å². The van der Waals surface area contributed by atoms with Gasteiger partial charge in [0, 0.05) is 43.9 Å². The summed E-state index contributed by atoms with van der Waals surface area (Å²) in [7, 11) is 0. The molecule has 4 nitrogen and oxygen atoms in total. The number of carbonyl (C=O) groups is 1. The van der Waals surface area contributed by atoms with E-state index in [1.165, 1.54) is 0 Å². The number of ether oxygens (including phenoxy) is 1. The molecule has 0 radical (unpaired) electrons. The number of carbonyl (C=O) groups excluding carboxylic acids is 1. The van der Waals surface area contributed by atoms with Crippen LogP contribution in [0.4, 0.5) is 8.78 Å². The van der Waals surface area contributed by atoms with Crippen molar-refractivity contribution < 1.29 is 23.4 Å². The standard InChI is InChI=1S/C12H19F2NO3/c13-12(14)6-9(12)5-10(17)15-7-11(8-16)1-3-18-4-2-11/h9,16H,1-8H2,(H,15,17)/t9-/m0/s1. The third kappa shape index (κ3) is 3.17. The molecule has 6 heteroatoms. The number of hydrogen-bond donors (Lipinski definition) is 2. The quantitative estimate of drug-likeness (QED) is 0.776. The van der Waals surface area contributed by atoms with Gasteiger partial charge in [-0.25, -0.2) is 8.78 Å². The molecule has 1 aliphatic carbocycles. The SMILES string of the molecule is O=C(C[C@H]1CC1(F)F)NCC1(CO)CCOCC1. The minimum Gasteiger partial charge on any atom is -0.396 e. The Kier molecular flexibility index (Phi) is 3.87. The molecule has 2 fully saturated rings. The number of aliphatic hydroxyl groups is 1. The summed E-state index contributed by atoms with van der Waals surface area (Å²) in [6.45, 7) is 1.45. The van der Waals surface area contributed by atoms with E-state index in [2.05, 4.69) is 5.32 Å². The Hall–Kier alpha value is -0.750. The molecule has 104 valence electrons. The fraction of sp³-hybridized carbons (Fsp3) is 0.917. The Morgan fingerprint density at radius 1 is 1.39 bits per heavy atom. The van der Waals surface area contributed by atoms with E-state index in [1.807, 2.05) is 0 Å². The summed E-state index contributed by atoms with van der Waals surface area (Å²) in [5, 5.41) is 12.1. The van der Waals surface area contributed by atoms with Crippen molar-refractivity contribution in [2.45, 2.75) is 31.6 Å². The van der Waals surface area contributed by atoms with E-state index in [9.17, 15) is 18.7 Å². The van der Waals surface area contributed by atoms with Gasteiger partial charge in [0.25, 0.3) is 5.92 Å². The lowest BCUT2D eigenvalue weighted by Crippen LogP contribution is -2.43. The number of hydrogen-bond acceptors (Lipinski definition) is 3. The topological polar surface area (TPSA) is 58.6 Å². The average molecular weight is 263 g/mol. The third-order valence-corrected chi connectivity index (χ3v) is 3.94. The molecule has 0 aromatic rings. The van der Waals surface area contributed by atoms with Gasteiger partial charge < -0.3 is 15.2 Å². The van der Waals surface area contributed by atoms with Crippen LogP contribution in [-0.4, -0.2) is 43.3 Å². The first-order chi connectivity index (χ1) is 8.47. The van der Waals surface area contributed by atoms with E-state index in [0.29, 0.717) is 32.6 Å². The maximum absolute atomic E-state index is 12.7. The van der Waals surface area contributed by atoms with Gasteiger partial charge in [0.05, 0.1) is 6.61 Å². The van der Waals surface area contributed by atoms with Crippen molar-refractivity contribution in [1.82, 2.24) is 5.32 Å². The minimum absolute atomic E-state index is 0.0176. The molecule has 0 aromatic carbocycles. The number of nitrogens with one attached hydrogen (secondary N) is 1. The largest absolute Gasteiger partial charge is 0.396 e. The molecule has 1 atom stereocenters. The lowest BCUT2D eigenvalue weighted by atomic mass is 9.81. The molecule has 2 rings (SSSR count). The zero-order valence-electron chi connectivity index (χ0n) is 10.3. The molecule has 1 saturated carbocycles. The monoisotopic (exact) mass is 263 g/mol. The van der Waals surface area contributed by atoms with Crippen LogP contribution in [0.1, 0.15) is 25.7 Å². The first kappa shape index (κ1) is 13.7. The Morgan fingerprint density at radius 3 is 2.50 bits per heavy atom. The van der Waals surface area contributed by atoms with Gasteiger partial charge in [0.2, 0.25) is 5.91 Å². The Morgan fingerprint density at radius 2 is 2.00 bits per heavy atom. The van der Waals surface area contributed by atoms with Gasteiger partial charge in [-0.05, 0) is 12.8 Å². The van der Waals surface area contributed by atoms with Crippen LogP contribution in [0, 0.1) is 11.3 Å². The van der Waals surface area contributed by atoms with Gasteiger partial charge in [0.1, 0.15) is 0 Å². The maximum Gasteiger partial charge on any atom is 0.252 e. The lowest BCUT2D eigenvalue weighted by molar-refractivity contribution is -0.123. The summed E-state index contributed by atoms with van der Waals surface area (Å²) in [5.74, 6) is -3.79. The average Bonchev–Trinajstić information content (AvgIpc) is 2.95. The fourth-order valence-electron chi connectivity index (χ4n) is 2.27. The van der Waals surface area contributed by atoms with E-state index in [1.54, 1.807) is 0 Å². The van der Waals surface area contributed by atoms with Crippen LogP contribution in [0.2, 0.25) is 0 Å². The lowest BCUT2D eigenvalue weighted by Gasteiger charge is -2.35. The van der Waals surface area contributed by atoms with Crippen molar-refractivity contribution in [3.8, 4) is 0 Å². The number of halogens is 2. The summed E-state index contributed by atoms with van der Waals surface area (Å²) in [6.07, 6.45) is 1.07. The van der Waals surface area contributed by atoms with Crippen molar-refractivity contribution in [3.05, 3.63) is 0 Å². The van der Waals surface area contributed by atoms with Crippen molar-refractivity contribution >= 4 is 5.91 Å². The smallest absolute Gasteiger partial charge is 0.252 e. The zero-order valence-corrected chi connectivity index (χ0v) is 10.3. The molecule has 0 unspecified atom stereocenters. The molecule has 0 aromatic heterocycles. The van der Waals surface area contributed by atoms with Crippen LogP contribution in [0.5, 0.6) is 0 Å². The first-order valence-corrected chi connectivity index (χ1v) is 6.31. The molecule has 2 aliphatic rings. The van der Waals surface area contributed by atoms with Gasteiger partial charge in [-0.2, -0.15) is 0 Å². The molecule has 1 heterocycles. The molecule has 2 N–H and O–H groups in total. The van der Waals surface area contributed by atoms with E-state index < -0.39 is 11.8 Å². The second-order valence-electron chi connectivity index (χ2n) is 5.41.